The van der Waals surface area contributed by atoms with Crippen molar-refractivity contribution < 1.29 is 0 Å². The molecule has 1 aromatic rings. The van der Waals surface area contributed by atoms with Gasteiger partial charge in [0.1, 0.15) is 0 Å². The van der Waals surface area contributed by atoms with Crippen molar-refractivity contribution in [3.8, 4) is 0 Å². The largest absolute Gasteiger partial charge is 0.0840 e. The van der Waals surface area contributed by atoms with Crippen LogP contribution in [0, 0.1) is 0 Å². The van der Waals surface area contributed by atoms with Gasteiger partial charge in [0.15, 0.2) is 0 Å². The predicted molar refractivity (Wildman–Crippen MR) is 44.3 cm³/mol. The fourth-order valence-corrected chi connectivity index (χ4v) is 1.78. The van der Waals surface area contributed by atoms with E-state index in [2.05, 4.69) is 0 Å². The molecule has 0 amide bonds. The first-order valence-corrected chi connectivity index (χ1v) is 3.99. The van der Waals surface area contributed by atoms with Crippen molar-refractivity contribution in [2.24, 2.45) is 0 Å². The minimum absolute atomic E-state index is 0.558. The minimum atomic E-state index is 0.558. The molecule has 0 N–H and O–H groups in total. The molecule has 1 aromatic carbocycles. The van der Waals surface area contributed by atoms with E-state index >= 15 is 0 Å². The summed E-state index contributed by atoms with van der Waals surface area (Å²) in [5.74, 6) is 0. The summed E-state index contributed by atoms with van der Waals surface area (Å²) in [7, 11) is 0. The van der Waals surface area contributed by atoms with E-state index in [4.69, 9.17) is 34.8 Å². The quantitative estimate of drug-likeness (QED) is 0.561. The molecule has 0 atom stereocenters. The van der Waals surface area contributed by atoms with Crippen molar-refractivity contribution in [1.82, 2.24) is 0 Å². The number of hydrogen-bond acceptors (Lipinski definition) is 0. The van der Waals surface area contributed by atoms with Gasteiger partial charge in [0.2, 0.25) is 0 Å². The molecule has 10 heavy (non-hydrogen) atoms. The van der Waals surface area contributed by atoms with E-state index in [1.165, 1.54) is 0 Å². The fourth-order valence-electron chi connectivity index (χ4n) is 0.977. The molecule has 52 valence electrons. The number of halogens is 3. The Bertz CT molecular complexity index is 300. The molecule has 3 heteroatoms. The second-order valence-corrected chi connectivity index (χ2v) is 3.48. The number of fused-ring (bicyclic) bond motifs is 1. The highest BCUT2D eigenvalue weighted by molar-refractivity contribution is 6.44. The molecule has 0 nitrogen and oxygen atoms in total. The molecular weight excluding hydrogens is 190 g/mol. The molecule has 0 spiro atoms. The minimum Gasteiger partial charge on any atom is -0.0840 e. The lowest BCUT2D eigenvalue weighted by Crippen LogP contribution is -1.66. The Hall–Kier alpha value is 0.0900. The van der Waals surface area contributed by atoms with Gasteiger partial charge in [-0.3, -0.25) is 0 Å². The van der Waals surface area contributed by atoms with Crippen LogP contribution in [0.1, 0.15) is 11.1 Å². The first-order chi connectivity index (χ1) is 4.70. The van der Waals surface area contributed by atoms with Crippen LogP contribution in [0.4, 0.5) is 0 Å². The summed E-state index contributed by atoms with van der Waals surface area (Å²) in [6.45, 7) is 0. The Kier molecular flexibility index (Phi) is 1.38. The summed E-state index contributed by atoms with van der Waals surface area (Å²) in [5, 5.41) is 1.97. The number of rotatable bonds is 0. The van der Waals surface area contributed by atoms with Crippen molar-refractivity contribution in [3.05, 3.63) is 32.3 Å². The Morgan fingerprint density at radius 2 is 1.70 bits per heavy atom. The van der Waals surface area contributed by atoms with E-state index in [0.29, 0.717) is 10.0 Å². The van der Waals surface area contributed by atoms with Crippen LogP contribution in [-0.4, -0.2) is 0 Å². The highest BCUT2D eigenvalue weighted by atomic mass is 35.5. The molecule has 1 aliphatic rings. The molecule has 1 aliphatic carbocycles. The van der Waals surface area contributed by atoms with E-state index in [1.807, 2.05) is 0 Å². The third kappa shape index (κ3) is 0.833. The maximum absolute atomic E-state index is 5.81. The van der Waals surface area contributed by atoms with E-state index in [-0.39, 0.29) is 0 Å². The normalized spacial score (nSPS) is 13.1. The summed E-state index contributed by atoms with van der Waals surface area (Å²) in [4.78, 5) is 0. The third-order valence-corrected chi connectivity index (χ3v) is 2.77. The van der Waals surface area contributed by atoms with Gasteiger partial charge in [-0.05, 0) is 17.2 Å². The van der Waals surface area contributed by atoms with Crippen molar-refractivity contribution in [1.29, 1.82) is 0 Å². The maximum Gasteiger partial charge on any atom is 0.0631 e. The maximum atomic E-state index is 5.81. The summed E-state index contributed by atoms with van der Waals surface area (Å²) in [6, 6.07) is 1.69. The molecule has 0 unspecified atom stereocenters. The Balaban J connectivity index is 2.71. The first kappa shape index (κ1) is 6.78. The van der Waals surface area contributed by atoms with Crippen LogP contribution < -0.4 is 0 Å². The monoisotopic (exact) mass is 192 g/mol. The van der Waals surface area contributed by atoms with Gasteiger partial charge in [-0.2, -0.15) is 0 Å². The Labute approximate surface area is 73.7 Å². The van der Waals surface area contributed by atoms with Crippen LogP contribution in [-0.2, 0) is 6.42 Å². The van der Waals surface area contributed by atoms with Gasteiger partial charge in [0.25, 0.3) is 0 Å². The van der Waals surface area contributed by atoms with E-state index in [1.54, 1.807) is 6.07 Å². The average molecular weight is 193 g/mol. The van der Waals surface area contributed by atoms with Crippen molar-refractivity contribution in [3.63, 3.8) is 0 Å². The van der Waals surface area contributed by atoms with Crippen LogP contribution in [0.5, 0.6) is 0 Å². The topological polar surface area (TPSA) is 0 Å². The van der Waals surface area contributed by atoms with Gasteiger partial charge in [-0.1, -0.05) is 34.8 Å². The Morgan fingerprint density at radius 3 is 2.40 bits per heavy atom. The van der Waals surface area contributed by atoms with Crippen molar-refractivity contribution in [2.75, 3.05) is 0 Å². The van der Waals surface area contributed by atoms with E-state index in [0.717, 1.165) is 22.6 Å². The first-order valence-electron chi connectivity index (χ1n) is 2.85. The average Bonchev–Trinajstić information content (AvgIpc) is 2.61. The molecule has 0 fully saturated rings. The van der Waals surface area contributed by atoms with Crippen molar-refractivity contribution in [2.45, 2.75) is 6.42 Å². The van der Waals surface area contributed by atoms with Crippen LogP contribution in [0.15, 0.2) is 6.07 Å². The molecular formula is C7H3Cl3. The van der Waals surface area contributed by atoms with E-state index < -0.39 is 0 Å². The second kappa shape index (κ2) is 2.04. The fraction of sp³-hybridized carbons (Fsp3) is 0.143. The molecule has 0 saturated heterocycles. The van der Waals surface area contributed by atoms with Crippen LogP contribution >= 0.6 is 34.8 Å². The zero-order valence-electron chi connectivity index (χ0n) is 4.92. The van der Waals surface area contributed by atoms with Crippen LogP contribution in [0.3, 0.4) is 0 Å². The smallest absolute Gasteiger partial charge is 0.0631 e. The van der Waals surface area contributed by atoms with Gasteiger partial charge in [0.05, 0.1) is 10.0 Å². The highest BCUT2D eigenvalue weighted by Gasteiger charge is 2.25. The summed E-state index contributed by atoms with van der Waals surface area (Å²) in [5.41, 5.74) is 2.26. The van der Waals surface area contributed by atoms with Gasteiger partial charge in [0, 0.05) is 11.4 Å². The zero-order chi connectivity index (χ0) is 7.30. The molecule has 0 saturated carbocycles. The SMILES string of the molecule is Clc1cc(Cl)c2c(c1Cl)C2. The Morgan fingerprint density at radius 1 is 1.00 bits per heavy atom. The standard InChI is InChI=1S/C7H3Cl3/c8-5-2-6(9)7(10)4-1-3(4)5/h2H,1H2. The van der Waals surface area contributed by atoms with Crippen molar-refractivity contribution >= 4 is 34.8 Å². The molecule has 0 bridgehead atoms. The van der Waals surface area contributed by atoms with Crippen LogP contribution in [0.25, 0.3) is 0 Å². The summed E-state index contributed by atoms with van der Waals surface area (Å²) in [6.07, 6.45) is 0.907. The van der Waals surface area contributed by atoms with Gasteiger partial charge < -0.3 is 0 Å². The zero-order valence-corrected chi connectivity index (χ0v) is 7.19. The number of benzene rings is 1. The number of hydrogen-bond donors (Lipinski definition) is 0. The van der Waals surface area contributed by atoms with Gasteiger partial charge >= 0.3 is 0 Å². The van der Waals surface area contributed by atoms with Gasteiger partial charge in [-0.15, -0.1) is 0 Å². The van der Waals surface area contributed by atoms with Crippen LogP contribution in [0.2, 0.25) is 15.1 Å². The lowest BCUT2D eigenvalue weighted by Gasteiger charge is -1.92. The molecule has 0 radical (unpaired) electrons. The molecule has 2 rings (SSSR count). The molecule has 0 aromatic heterocycles. The van der Waals surface area contributed by atoms with Gasteiger partial charge in [-0.25, -0.2) is 0 Å². The predicted octanol–water partition coefficient (Wildman–Crippen LogP) is 3.55. The summed E-state index contributed by atoms with van der Waals surface area (Å²) >= 11 is 17.3. The lowest BCUT2D eigenvalue weighted by molar-refractivity contribution is 1.61. The summed E-state index contributed by atoms with van der Waals surface area (Å²) < 4.78 is 0. The molecule has 0 heterocycles. The third-order valence-electron chi connectivity index (χ3n) is 1.61. The van der Waals surface area contributed by atoms with E-state index in [9.17, 15) is 0 Å². The second-order valence-electron chi connectivity index (χ2n) is 2.29. The molecule has 0 aliphatic heterocycles. The highest BCUT2D eigenvalue weighted by Crippen LogP contribution is 2.44. The lowest BCUT2D eigenvalue weighted by atomic mass is 10.4.